The number of non-ortho nitro benzene ring substituents is 1. The van der Waals surface area contributed by atoms with Gasteiger partial charge in [0.15, 0.2) is 18.4 Å². The van der Waals surface area contributed by atoms with Gasteiger partial charge >= 0.3 is 17.9 Å². The molecule has 0 aliphatic carbocycles. The van der Waals surface area contributed by atoms with Crippen LogP contribution in [0, 0.1) is 10.1 Å². The molecule has 15 heteroatoms. The van der Waals surface area contributed by atoms with Crippen molar-refractivity contribution in [2.75, 3.05) is 6.61 Å². The first-order chi connectivity index (χ1) is 23.1. The number of rotatable bonds is 9. The van der Waals surface area contributed by atoms with Crippen molar-refractivity contribution in [2.45, 2.75) is 24.5 Å². The molecule has 5 aromatic rings. The average molecular weight is 711 g/mol. The number of nitro groups is 1. The summed E-state index contributed by atoms with van der Waals surface area (Å²) in [5, 5.41) is 17.4. The first kappa shape index (κ1) is 32.9. The van der Waals surface area contributed by atoms with Crippen molar-refractivity contribution in [3.63, 3.8) is 0 Å². The van der Waals surface area contributed by atoms with Gasteiger partial charge in [0, 0.05) is 21.1 Å². The Morgan fingerprint density at radius 3 is 1.77 bits per heavy atom. The number of benzene rings is 4. The van der Waals surface area contributed by atoms with E-state index in [4.69, 9.17) is 53.8 Å². The molecule has 4 atom stereocenters. The van der Waals surface area contributed by atoms with Gasteiger partial charge in [0.05, 0.1) is 38.7 Å². The molecule has 2 heterocycles. The predicted molar refractivity (Wildman–Crippen MR) is 173 cm³/mol. The molecule has 4 aromatic carbocycles. The molecule has 1 aliphatic heterocycles. The van der Waals surface area contributed by atoms with Gasteiger partial charge in [-0.05, 0) is 78.9 Å². The number of halogens is 3. The molecule has 0 bridgehead atoms. The Bertz CT molecular complexity index is 2000. The van der Waals surface area contributed by atoms with Gasteiger partial charge in [-0.1, -0.05) is 40.9 Å². The molecular formula is C33H22Cl3N3O9. The van der Waals surface area contributed by atoms with Crippen molar-refractivity contribution >= 4 is 69.3 Å². The normalized spacial score (nSPS) is 18.7. The minimum Gasteiger partial charge on any atom is -0.459 e. The van der Waals surface area contributed by atoms with Crippen LogP contribution in [0.5, 0.6) is 0 Å². The Labute approximate surface area is 286 Å². The maximum absolute atomic E-state index is 13.5. The number of hydrogen-bond donors (Lipinski definition) is 0. The fraction of sp³-hybridized carbons (Fsp3) is 0.152. The molecule has 244 valence electrons. The van der Waals surface area contributed by atoms with Crippen molar-refractivity contribution in [3.8, 4) is 0 Å². The number of fused-ring (bicyclic) bond motifs is 1. The zero-order valence-corrected chi connectivity index (χ0v) is 26.7. The summed E-state index contributed by atoms with van der Waals surface area (Å²) in [6, 6.07) is 22.1. The quantitative estimate of drug-likeness (QED) is 0.0670. The standard InChI is InChI=1S/C33H22Cl3N3O9/c34-21-10-4-18(5-11-21)31(40)45-17-27-28(47-32(41)19-6-12-22(35)13-7-19)29(48-33(42)20-8-14-23(36)15-9-20)30(46-27)38-25-2-1-3-26(39(43)44)24(25)16-37-38/h1-16,27-30H,17H2/t27-,28-,29-,30-/m1/s1. The van der Waals surface area contributed by atoms with Crippen molar-refractivity contribution < 1.29 is 38.3 Å². The van der Waals surface area contributed by atoms with E-state index in [2.05, 4.69) is 5.10 Å². The Kier molecular flexibility index (Phi) is 9.60. The Morgan fingerprint density at radius 2 is 1.25 bits per heavy atom. The van der Waals surface area contributed by atoms with Crippen molar-refractivity contribution in [2.24, 2.45) is 0 Å². The lowest BCUT2D eigenvalue weighted by molar-refractivity contribution is -0.383. The number of nitrogens with zero attached hydrogens (tertiary/aromatic N) is 3. The number of ether oxygens (including phenoxy) is 4. The number of hydrogen-bond acceptors (Lipinski definition) is 10. The third-order valence-corrected chi connectivity index (χ3v) is 8.20. The molecule has 0 N–H and O–H groups in total. The second kappa shape index (κ2) is 14.0. The van der Waals surface area contributed by atoms with Gasteiger partial charge in [-0.3, -0.25) is 10.1 Å². The SMILES string of the molecule is O=C(OC[C@H]1O[C@@H](n2ncc3c([N+](=O)[O-])cccc32)[C@H](OC(=O)c2ccc(Cl)cc2)[C@@H]1OC(=O)c1ccc(Cl)cc1)c1ccc(Cl)cc1. The number of carbonyl (C=O) groups is 3. The topological polar surface area (TPSA) is 149 Å². The van der Waals surface area contributed by atoms with Gasteiger partial charge in [-0.25, -0.2) is 19.1 Å². The minimum atomic E-state index is -1.40. The molecule has 1 saturated heterocycles. The second-order valence-corrected chi connectivity index (χ2v) is 11.8. The number of carbonyl (C=O) groups excluding carboxylic acids is 3. The fourth-order valence-electron chi connectivity index (χ4n) is 5.11. The maximum Gasteiger partial charge on any atom is 0.338 e. The van der Waals surface area contributed by atoms with E-state index in [-0.39, 0.29) is 33.3 Å². The first-order valence-corrected chi connectivity index (χ1v) is 15.3. The van der Waals surface area contributed by atoms with Gasteiger partial charge in [0.25, 0.3) is 5.69 Å². The highest BCUT2D eigenvalue weighted by molar-refractivity contribution is 6.31. The summed E-state index contributed by atoms with van der Waals surface area (Å²) in [5.74, 6) is -2.36. The zero-order valence-electron chi connectivity index (χ0n) is 24.4. The molecule has 12 nitrogen and oxygen atoms in total. The van der Waals surface area contributed by atoms with Crippen LogP contribution in [0.25, 0.3) is 10.9 Å². The molecule has 1 fully saturated rings. The molecule has 1 aromatic heterocycles. The third kappa shape index (κ3) is 6.97. The van der Waals surface area contributed by atoms with Crippen LogP contribution in [0.4, 0.5) is 5.69 Å². The summed E-state index contributed by atoms with van der Waals surface area (Å²) in [7, 11) is 0. The Hall–Kier alpha value is -5.01. The number of aromatic nitrogens is 2. The van der Waals surface area contributed by atoms with E-state index in [0.717, 1.165) is 0 Å². The molecular weight excluding hydrogens is 689 g/mol. The van der Waals surface area contributed by atoms with Crippen LogP contribution < -0.4 is 0 Å². The molecule has 0 saturated carbocycles. The van der Waals surface area contributed by atoms with E-state index in [1.54, 1.807) is 6.07 Å². The van der Waals surface area contributed by atoms with E-state index in [1.807, 2.05) is 0 Å². The van der Waals surface area contributed by atoms with Crippen LogP contribution >= 0.6 is 34.8 Å². The summed E-state index contributed by atoms with van der Waals surface area (Å²) >= 11 is 17.9. The van der Waals surface area contributed by atoms with Crippen LogP contribution in [-0.4, -0.2) is 57.5 Å². The van der Waals surface area contributed by atoms with Crippen molar-refractivity contribution in [3.05, 3.63) is 139 Å². The monoisotopic (exact) mass is 709 g/mol. The molecule has 0 unspecified atom stereocenters. The molecule has 1 aliphatic rings. The molecule has 48 heavy (non-hydrogen) atoms. The van der Waals surface area contributed by atoms with Gasteiger partial charge in [-0.15, -0.1) is 0 Å². The van der Waals surface area contributed by atoms with E-state index in [9.17, 15) is 24.5 Å². The van der Waals surface area contributed by atoms with Crippen molar-refractivity contribution in [1.82, 2.24) is 9.78 Å². The molecule has 0 spiro atoms. The van der Waals surface area contributed by atoms with Gasteiger partial charge < -0.3 is 18.9 Å². The van der Waals surface area contributed by atoms with E-state index < -0.39 is 54.0 Å². The highest BCUT2D eigenvalue weighted by Gasteiger charge is 2.52. The van der Waals surface area contributed by atoms with E-state index >= 15 is 0 Å². The predicted octanol–water partition coefficient (Wildman–Crippen LogP) is 7.11. The lowest BCUT2D eigenvalue weighted by Gasteiger charge is -2.24. The molecule has 0 amide bonds. The summed E-state index contributed by atoms with van der Waals surface area (Å²) in [6.45, 7) is -0.454. The van der Waals surface area contributed by atoms with Gasteiger partial charge in [0.1, 0.15) is 12.7 Å². The van der Waals surface area contributed by atoms with E-state index in [0.29, 0.717) is 15.1 Å². The lowest BCUT2D eigenvalue weighted by atomic mass is 10.1. The summed E-state index contributed by atoms with van der Waals surface area (Å²) in [4.78, 5) is 51.0. The number of esters is 3. The number of nitro benzene ring substituents is 1. The fourth-order valence-corrected chi connectivity index (χ4v) is 5.48. The van der Waals surface area contributed by atoms with Crippen LogP contribution in [0.3, 0.4) is 0 Å². The first-order valence-electron chi connectivity index (χ1n) is 14.2. The summed E-state index contributed by atoms with van der Waals surface area (Å²) in [6.07, 6.45) is -4.00. The third-order valence-electron chi connectivity index (χ3n) is 7.45. The summed E-state index contributed by atoms with van der Waals surface area (Å²) in [5.41, 5.74) is 0.496. The molecule has 6 rings (SSSR count). The highest BCUT2D eigenvalue weighted by Crippen LogP contribution is 2.38. The smallest absolute Gasteiger partial charge is 0.338 e. The minimum absolute atomic E-state index is 0.125. The average Bonchev–Trinajstić information content (AvgIpc) is 3.65. The highest BCUT2D eigenvalue weighted by atomic mass is 35.5. The molecule has 0 radical (unpaired) electrons. The van der Waals surface area contributed by atoms with E-state index in [1.165, 1.54) is 95.8 Å². The van der Waals surface area contributed by atoms with Gasteiger partial charge in [-0.2, -0.15) is 5.10 Å². The zero-order chi connectivity index (χ0) is 33.9. The van der Waals surface area contributed by atoms with Crippen LogP contribution in [0.1, 0.15) is 37.3 Å². The van der Waals surface area contributed by atoms with Crippen LogP contribution in [0.2, 0.25) is 15.1 Å². The Balaban J connectivity index is 1.39. The Morgan fingerprint density at radius 1 is 0.750 bits per heavy atom. The maximum atomic E-state index is 13.5. The second-order valence-electron chi connectivity index (χ2n) is 10.5. The van der Waals surface area contributed by atoms with Crippen LogP contribution in [-0.2, 0) is 18.9 Å². The van der Waals surface area contributed by atoms with Gasteiger partial charge in [0.2, 0.25) is 0 Å². The van der Waals surface area contributed by atoms with Crippen LogP contribution in [0.15, 0.2) is 97.2 Å². The van der Waals surface area contributed by atoms with Crippen molar-refractivity contribution in [1.29, 1.82) is 0 Å². The largest absolute Gasteiger partial charge is 0.459 e. The lowest BCUT2D eigenvalue weighted by Crippen LogP contribution is -2.41. The summed E-state index contributed by atoms with van der Waals surface area (Å²) < 4.78 is 25.0.